The minimum atomic E-state index is -0.00198. The van der Waals surface area contributed by atoms with E-state index in [1.54, 1.807) is 0 Å². The molecule has 2 amide bonds. The Hall–Kier alpha value is -3.08. The van der Waals surface area contributed by atoms with E-state index in [9.17, 15) is 9.59 Å². The van der Waals surface area contributed by atoms with Crippen molar-refractivity contribution < 1.29 is 9.59 Å². The SMILES string of the molecule is Cc1ccc2cc(C(=O)N3CCCN(C(=O)c4ccccc4)CC3)[nH]c2c1. The Morgan fingerprint density at radius 2 is 1.56 bits per heavy atom. The maximum Gasteiger partial charge on any atom is 0.270 e. The van der Waals surface area contributed by atoms with E-state index in [0.29, 0.717) is 37.4 Å². The Morgan fingerprint density at radius 3 is 2.30 bits per heavy atom. The van der Waals surface area contributed by atoms with Gasteiger partial charge in [0.2, 0.25) is 0 Å². The van der Waals surface area contributed by atoms with Crippen LogP contribution in [0.25, 0.3) is 10.9 Å². The molecule has 1 N–H and O–H groups in total. The second kappa shape index (κ2) is 7.27. The van der Waals surface area contributed by atoms with Crippen LogP contribution in [0.5, 0.6) is 0 Å². The number of nitrogens with zero attached hydrogens (tertiary/aromatic N) is 2. The minimum absolute atomic E-state index is 0.00198. The number of carbonyl (C=O) groups is 2. The average Bonchev–Trinajstić information content (AvgIpc) is 2.95. The van der Waals surface area contributed by atoms with Gasteiger partial charge in [-0.25, -0.2) is 0 Å². The highest BCUT2D eigenvalue weighted by atomic mass is 16.2. The monoisotopic (exact) mass is 361 g/mol. The molecule has 1 aliphatic rings. The lowest BCUT2D eigenvalue weighted by molar-refractivity contribution is 0.0716. The third-order valence-corrected chi connectivity index (χ3v) is 5.10. The van der Waals surface area contributed by atoms with Crippen LogP contribution in [-0.4, -0.2) is 52.8 Å². The Morgan fingerprint density at radius 1 is 0.852 bits per heavy atom. The summed E-state index contributed by atoms with van der Waals surface area (Å²) in [6, 6.07) is 17.4. The number of rotatable bonds is 2. The summed E-state index contributed by atoms with van der Waals surface area (Å²) in [7, 11) is 0. The minimum Gasteiger partial charge on any atom is -0.351 e. The van der Waals surface area contributed by atoms with Crippen LogP contribution in [0.15, 0.2) is 54.6 Å². The molecule has 0 aliphatic carbocycles. The summed E-state index contributed by atoms with van der Waals surface area (Å²) in [6.07, 6.45) is 0.781. The molecule has 0 radical (unpaired) electrons. The largest absolute Gasteiger partial charge is 0.351 e. The molecule has 4 rings (SSSR count). The van der Waals surface area contributed by atoms with Gasteiger partial charge in [0.1, 0.15) is 5.69 Å². The van der Waals surface area contributed by atoms with Crippen molar-refractivity contribution in [3.63, 3.8) is 0 Å². The number of nitrogens with one attached hydrogen (secondary N) is 1. The van der Waals surface area contributed by atoms with E-state index < -0.39 is 0 Å². The number of aromatic nitrogens is 1. The molecule has 3 aromatic rings. The fourth-order valence-electron chi connectivity index (χ4n) is 3.61. The van der Waals surface area contributed by atoms with E-state index in [4.69, 9.17) is 0 Å². The first-order chi connectivity index (χ1) is 13.1. The van der Waals surface area contributed by atoms with Crippen LogP contribution in [0.1, 0.15) is 32.8 Å². The Kier molecular flexibility index (Phi) is 4.67. The van der Waals surface area contributed by atoms with Gasteiger partial charge in [0, 0.05) is 42.6 Å². The van der Waals surface area contributed by atoms with Crippen molar-refractivity contribution in [1.29, 1.82) is 0 Å². The van der Waals surface area contributed by atoms with Gasteiger partial charge in [0.15, 0.2) is 0 Å². The van der Waals surface area contributed by atoms with Crippen LogP contribution in [0, 0.1) is 6.92 Å². The lowest BCUT2D eigenvalue weighted by Gasteiger charge is -2.22. The maximum absolute atomic E-state index is 12.9. The lowest BCUT2D eigenvalue weighted by atomic mass is 10.2. The summed E-state index contributed by atoms with van der Waals surface area (Å²) >= 11 is 0. The zero-order chi connectivity index (χ0) is 18.8. The van der Waals surface area contributed by atoms with Crippen molar-refractivity contribution in [2.75, 3.05) is 26.2 Å². The van der Waals surface area contributed by atoms with Crippen molar-refractivity contribution in [2.45, 2.75) is 13.3 Å². The average molecular weight is 361 g/mol. The molecule has 1 fully saturated rings. The first-order valence-electron chi connectivity index (χ1n) is 9.35. The summed E-state index contributed by atoms with van der Waals surface area (Å²) in [4.78, 5) is 32.5. The Bertz CT molecular complexity index is 978. The number of benzene rings is 2. The molecule has 27 heavy (non-hydrogen) atoms. The van der Waals surface area contributed by atoms with Crippen molar-refractivity contribution in [1.82, 2.24) is 14.8 Å². The third kappa shape index (κ3) is 3.58. The molecule has 2 aromatic carbocycles. The van der Waals surface area contributed by atoms with Crippen molar-refractivity contribution in [2.24, 2.45) is 0 Å². The fourth-order valence-corrected chi connectivity index (χ4v) is 3.61. The van der Waals surface area contributed by atoms with Crippen LogP contribution in [-0.2, 0) is 0 Å². The first kappa shape index (κ1) is 17.3. The number of aryl methyl sites for hydroxylation is 1. The Balaban J connectivity index is 1.47. The quantitative estimate of drug-likeness (QED) is 0.760. The van der Waals surface area contributed by atoms with E-state index in [2.05, 4.69) is 11.1 Å². The second-order valence-corrected chi connectivity index (χ2v) is 7.08. The topological polar surface area (TPSA) is 56.4 Å². The van der Waals surface area contributed by atoms with Gasteiger partial charge in [-0.3, -0.25) is 9.59 Å². The summed E-state index contributed by atoms with van der Waals surface area (Å²) < 4.78 is 0. The van der Waals surface area contributed by atoms with Gasteiger partial charge in [0.05, 0.1) is 0 Å². The highest BCUT2D eigenvalue weighted by molar-refractivity contribution is 5.98. The number of aromatic amines is 1. The van der Waals surface area contributed by atoms with Crippen LogP contribution >= 0.6 is 0 Å². The number of fused-ring (bicyclic) bond motifs is 1. The molecule has 0 saturated carbocycles. The maximum atomic E-state index is 12.9. The standard InChI is InChI=1S/C22H23N3O2/c1-16-8-9-18-15-20(23-19(18)14-16)22(27)25-11-5-10-24(12-13-25)21(26)17-6-3-2-4-7-17/h2-4,6-9,14-15,23H,5,10-13H2,1H3. The fraction of sp³-hybridized carbons (Fsp3) is 0.273. The van der Waals surface area contributed by atoms with Gasteiger partial charge in [-0.1, -0.05) is 30.3 Å². The van der Waals surface area contributed by atoms with Gasteiger partial charge in [-0.2, -0.15) is 0 Å². The zero-order valence-electron chi connectivity index (χ0n) is 15.4. The summed E-state index contributed by atoms with van der Waals surface area (Å²) in [5.74, 6) is 0.0313. The third-order valence-electron chi connectivity index (χ3n) is 5.10. The molecule has 0 unspecified atom stereocenters. The van der Waals surface area contributed by atoms with E-state index in [-0.39, 0.29) is 11.8 Å². The number of carbonyl (C=O) groups excluding carboxylic acids is 2. The van der Waals surface area contributed by atoms with Gasteiger partial charge in [0.25, 0.3) is 11.8 Å². The highest BCUT2D eigenvalue weighted by Crippen LogP contribution is 2.19. The van der Waals surface area contributed by atoms with Crippen LogP contribution in [0.3, 0.4) is 0 Å². The molecule has 0 atom stereocenters. The van der Waals surface area contributed by atoms with E-state index in [1.807, 2.05) is 65.3 Å². The van der Waals surface area contributed by atoms with Crippen LogP contribution < -0.4 is 0 Å². The van der Waals surface area contributed by atoms with E-state index in [0.717, 1.165) is 22.9 Å². The van der Waals surface area contributed by atoms with E-state index in [1.165, 1.54) is 0 Å². The molecule has 0 bridgehead atoms. The molecule has 138 valence electrons. The molecule has 1 aliphatic heterocycles. The predicted molar refractivity (Wildman–Crippen MR) is 106 cm³/mol. The van der Waals surface area contributed by atoms with Gasteiger partial charge < -0.3 is 14.8 Å². The number of hydrogen-bond acceptors (Lipinski definition) is 2. The summed E-state index contributed by atoms with van der Waals surface area (Å²) in [5, 5.41) is 1.04. The molecule has 5 heteroatoms. The summed E-state index contributed by atoms with van der Waals surface area (Å²) in [6.45, 7) is 4.47. The number of hydrogen-bond donors (Lipinski definition) is 1. The lowest BCUT2D eigenvalue weighted by Crippen LogP contribution is -2.37. The molecular formula is C22H23N3O2. The summed E-state index contributed by atoms with van der Waals surface area (Å²) in [5.41, 5.74) is 3.45. The second-order valence-electron chi connectivity index (χ2n) is 7.08. The molecule has 1 saturated heterocycles. The molecule has 5 nitrogen and oxygen atoms in total. The van der Waals surface area contributed by atoms with Crippen molar-refractivity contribution >= 4 is 22.7 Å². The molecule has 1 aromatic heterocycles. The zero-order valence-corrected chi connectivity index (χ0v) is 15.4. The van der Waals surface area contributed by atoms with Crippen LogP contribution in [0.2, 0.25) is 0 Å². The smallest absolute Gasteiger partial charge is 0.270 e. The molecule has 0 spiro atoms. The van der Waals surface area contributed by atoms with Crippen LogP contribution in [0.4, 0.5) is 0 Å². The van der Waals surface area contributed by atoms with Gasteiger partial charge in [-0.05, 0) is 43.2 Å². The first-order valence-corrected chi connectivity index (χ1v) is 9.35. The number of H-pyrrole nitrogens is 1. The van der Waals surface area contributed by atoms with Crippen molar-refractivity contribution in [3.8, 4) is 0 Å². The molecule has 2 heterocycles. The molecular weight excluding hydrogens is 338 g/mol. The van der Waals surface area contributed by atoms with Gasteiger partial charge in [-0.15, -0.1) is 0 Å². The highest BCUT2D eigenvalue weighted by Gasteiger charge is 2.24. The van der Waals surface area contributed by atoms with Crippen molar-refractivity contribution in [3.05, 3.63) is 71.4 Å². The number of amides is 2. The normalized spacial score (nSPS) is 15.0. The van der Waals surface area contributed by atoms with Gasteiger partial charge >= 0.3 is 0 Å². The van der Waals surface area contributed by atoms with E-state index >= 15 is 0 Å². The predicted octanol–water partition coefficient (Wildman–Crippen LogP) is 3.46. The Labute approximate surface area is 158 Å².